The smallest absolute Gasteiger partial charge is 0.331 e. The Balaban J connectivity index is 2.14. The fraction of sp³-hybridized carbons (Fsp3) is 0.182. The molecule has 3 nitrogen and oxygen atoms in total. The van der Waals surface area contributed by atoms with E-state index in [-0.39, 0.29) is 0 Å². The van der Waals surface area contributed by atoms with Gasteiger partial charge in [-0.25, -0.2) is 4.79 Å². The van der Waals surface area contributed by atoms with Crippen LogP contribution in [-0.2, 0) is 9.53 Å². The monoisotopic (exact) mass is 224 g/mol. The van der Waals surface area contributed by atoms with Gasteiger partial charge in [-0.05, 0) is 23.8 Å². The van der Waals surface area contributed by atoms with Gasteiger partial charge in [-0.1, -0.05) is 23.7 Å². The Labute approximate surface area is 91.9 Å². The van der Waals surface area contributed by atoms with Gasteiger partial charge in [-0.2, -0.15) is 0 Å². The summed E-state index contributed by atoms with van der Waals surface area (Å²) in [4.78, 5) is 10.8. The normalized spacial score (nSPS) is 21.5. The van der Waals surface area contributed by atoms with E-state index in [9.17, 15) is 9.90 Å². The Morgan fingerprint density at radius 3 is 2.53 bits per heavy atom. The highest BCUT2D eigenvalue weighted by Gasteiger charge is 2.25. The van der Waals surface area contributed by atoms with E-state index >= 15 is 0 Å². The van der Waals surface area contributed by atoms with Crippen LogP contribution in [0.15, 0.2) is 36.4 Å². The van der Waals surface area contributed by atoms with Crippen LogP contribution >= 0.6 is 11.6 Å². The molecule has 0 radical (unpaired) electrons. The van der Waals surface area contributed by atoms with Crippen molar-refractivity contribution in [3.05, 3.63) is 47.0 Å². The van der Waals surface area contributed by atoms with Crippen LogP contribution in [0.1, 0.15) is 11.7 Å². The lowest BCUT2D eigenvalue weighted by Crippen LogP contribution is -2.18. The molecule has 4 heteroatoms. The molecule has 0 fully saturated rings. The number of carbonyl (C=O) groups excluding carboxylic acids is 1. The van der Waals surface area contributed by atoms with Gasteiger partial charge in [0, 0.05) is 11.1 Å². The molecule has 0 bridgehead atoms. The number of halogens is 1. The number of carbonyl (C=O) groups is 1. The molecule has 2 atom stereocenters. The van der Waals surface area contributed by atoms with E-state index in [1.54, 1.807) is 30.3 Å². The van der Waals surface area contributed by atoms with Crippen LogP contribution in [0.5, 0.6) is 0 Å². The van der Waals surface area contributed by atoms with E-state index in [0.29, 0.717) is 10.6 Å². The molecule has 0 saturated heterocycles. The largest absolute Gasteiger partial charge is 0.452 e. The Morgan fingerprint density at radius 2 is 2.00 bits per heavy atom. The zero-order valence-electron chi connectivity index (χ0n) is 7.76. The summed E-state index contributed by atoms with van der Waals surface area (Å²) in [5.74, 6) is -0.423. The maximum atomic E-state index is 10.8. The zero-order chi connectivity index (χ0) is 10.8. The first-order chi connectivity index (χ1) is 7.16. The topological polar surface area (TPSA) is 46.5 Å². The van der Waals surface area contributed by atoms with Crippen molar-refractivity contribution in [3.8, 4) is 0 Å². The van der Waals surface area contributed by atoms with E-state index < -0.39 is 18.2 Å². The maximum absolute atomic E-state index is 10.8. The highest BCUT2D eigenvalue weighted by Crippen LogP contribution is 2.24. The molecule has 0 saturated carbocycles. The lowest BCUT2D eigenvalue weighted by Gasteiger charge is -2.16. The minimum atomic E-state index is -0.843. The maximum Gasteiger partial charge on any atom is 0.331 e. The van der Waals surface area contributed by atoms with E-state index in [1.165, 1.54) is 6.08 Å². The number of cyclic esters (lactones) is 1. The minimum Gasteiger partial charge on any atom is -0.452 e. The fourth-order valence-corrected chi connectivity index (χ4v) is 1.53. The Kier molecular flexibility index (Phi) is 2.75. The van der Waals surface area contributed by atoms with E-state index in [4.69, 9.17) is 16.3 Å². The molecular formula is C11H9ClO3. The van der Waals surface area contributed by atoms with Gasteiger partial charge >= 0.3 is 5.97 Å². The predicted molar refractivity (Wildman–Crippen MR) is 55.4 cm³/mol. The highest BCUT2D eigenvalue weighted by molar-refractivity contribution is 6.30. The molecule has 1 aliphatic heterocycles. The number of rotatable bonds is 2. The average molecular weight is 225 g/mol. The standard InChI is InChI=1S/C11H9ClO3/c12-8-3-1-7(2-4-8)11(14)9-5-6-10(13)15-9/h1-6,9,11,14H/t9-,11-/m0/s1. The summed E-state index contributed by atoms with van der Waals surface area (Å²) in [6.45, 7) is 0. The van der Waals surface area contributed by atoms with Crippen molar-refractivity contribution in [2.24, 2.45) is 0 Å². The van der Waals surface area contributed by atoms with Crippen LogP contribution in [0.3, 0.4) is 0 Å². The first kappa shape index (κ1) is 10.2. The number of aliphatic hydroxyl groups excluding tert-OH is 1. The van der Waals surface area contributed by atoms with Gasteiger partial charge in [0.05, 0.1) is 0 Å². The van der Waals surface area contributed by atoms with Crippen LogP contribution in [0, 0.1) is 0 Å². The van der Waals surface area contributed by atoms with Crippen LogP contribution in [0.4, 0.5) is 0 Å². The molecule has 0 spiro atoms. The summed E-state index contributed by atoms with van der Waals surface area (Å²) in [5.41, 5.74) is 0.670. The molecule has 2 rings (SSSR count). The molecule has 1 aromatic carbocycles. The van der Waals surface area contributed by atoms with E-state index in [0.717, 1.165) is 0 Å². The van der Waals surface area contributed by atoms with Crippen LogP contribution in [0.25, 0.3) is 0 Å². The Morgan fingerprint density at radius 1 is 1.33 bits per heavy atom. The molecule has 1 N–H and O–H groups in total. The van der Waals surface area contributed by atoms with Gasteiger partial charge in [-0.15, -0.1) is 0 Å². The van der Waals surface area contributed by atoms with Crippen molar-refractivity contribution in [1.82, 2.24) is 0 Å². The third-order valence-corrected chi connectivity index (χ3v) is 2.45. The molecule has 15 heavy (non-hydrogen) atoms. The number of benzene rings is 1. The van der Waals surface area contributed by atoms with Crippen LogP contribution in [0.2, 0.25) is 5.02 Å². The molecule has 78 valence electrons. The van der Waals surface area contributed by atoms with Gasteiger partial charge in [0.15, 0.2) is 6.10 Å². The van der Waals surface area contributed by atoms with Crippen molar-refractivity contribution in [1.29, 1.82) is 0 Å². The van der Waals surface area contributed by atoms with Gasteiger partial charge in [0.1, 0.15) is 6.10 Å². The molecule has 1 aliphatic rings. The summed E-state index contributed by atoms with van der Waals surface area (Å²) in [7, 11) is 0. The molecule has 0 unspecified atom stereocenters. The molecule has 1 heterocycles. The average Bonchev–Trinajstić information content (AvgIpc) is 2.65. The molecular weight excluding hydrogens is 216 g/mol. The second-order valence-corrected chi connectivity index (χ2v) is 3.69. The minimum absolute atomic E-state index is 0.423. The SMILES string of the molecule is O=C1C=C[C@@H]([C@@H](O)c2ccc(Cl)cc2)O1. The van der Waals surface area contributed by atoms with E-state index in [2.05, 4.69) is 0 Å². The number of ether oxygens (including phenoxy) is 1. The summed E-state index contributed by atoms with van der Waals surface area (Å²) in [6, 6.07) is 6.77. The van der Waals surface area contributed by atoms with E-state index in [1.807, 2.05) is 0 Å². The zero-order valence-corrected chi connectivity index (χ0v) is 8.52. The van der Waals surface area contributed by atoms with Crippen molar-refractivity contribution in [2.75, 3.05) is 0 Å². The Hall–Kier alpha value is -1.32. The van der Waals surface area contributed by atoms with Crippen molar-refractivity contribution in [3.63, 3.8) is 0 Å². The summed E-state index contributed by atoms with van der Waals surface area (Å²) in [5, 5.41) is 10.5. The van der Waals surface area contributed by atoms with Crippen LogP contribution < -0.4 is 0 Å². The molecule has 0 aromatic heterocycles. The van der Waals surface area contributed by atoms with Crippen molar-refractivity contribution in [2.45, 2.75) is 12.2 Å². The van der Waals surface area contributed by atoms with Gasteiger partial charge in [-0.3, -0.25) is 0 Å². The number of hydrogen-bond acceptors (Lipinski definition) is 3. The molecule has 1 aromatic rings. The van der Waals surface area contributed by atoms with Gasteiger partial charge in [0.25, 0.3) is 0 Å². The second-order valence-electron chi connectivity index (χ2n) is 3.26. The van der Waals surface area contributed by atoms with Crippen molar-refractivity contribution < 1.29 is 14.6 Å². The summed E-state index contributed by atoms with van der Waals surface area (Å²) < 4.78 is 4.87. The number of hydrogen-bond donors (Lipinski definition) is 1. The van der Waals surface area contributed by atoms with Gasteiger partial charge in [0.2, 0.25) is 0 Å². The fourth-order valence-electron chi connectivity index (χ4n) is 1.41. The second kappa shape index (κ2) is 4.04. The third-order valence-electron chi connectivity index (χ3n) is 2.20. The summed E-state index contributed by atoms with van der Waals surface area (Å²) >= 11 is 5.72. The third kappa shape index (κ3) is 2.19. The predicted octanol–water partition coefficient (Wildman–Crippen LogP) is 1.85. The molecule has 0 aliphatic carbocycles. The Bertz CT molecular complexity index is 397. The lowest BCUT2D eigenvalue weighted by molar-refractivity contribution is -0.142. The van der Waals surface area contributed by atoms with Crippen LogP contribution in [-0.4, -0.2) is 17.2 Å². The highest BCUT2D eigenvalue weighted by atomic mass is 35.5. The number of esters is 1. The van der Waals surface area contributed by atoms with Crippen molar-refractivity contribution >= 4 is 17.6 Å². The number of aliphatic hydroxyl groups is 1. The van der Waals surface area contributed by atoms with Gasteiger partial charge < -0.3 is 9.84 Å². The molecule has 0 amide bonds. The summed E-state index contributed by atoms with van der Waals surface area (Å²) in [6.07, 6.45) is 1.41. The lowest BCUT2D eigenvalue weighted by atomic mass is 10.0. The first-order valence-electron chi connectivity index (χ1n) is 4.49. The quantitative estimate of drug-likeness (QED) is 0.780. The first-order valence-corrected chi connectivity index (χ1v) is 4.87.